The summed E-state index contributed by atoms with van der Waals surface area (Å²) < 4.78 is 7.92. The molecule has 0 fully saturated rings. The molecule has 5 nitrogen and oxygen atoms in total. The van der Waals surface area contributed by atoms with Crippen molar-refractivity contribution in [1.82, 2.24) is 19.7 Å². The molecule has 0 radical (unpaired) electrons. The van der Waals surface area contributed by atoms with E-state index >= 15 is 0 Å². The highest BCUT2D eigenvalue weighted by Crippen LogP contribution is 2.27. The van der Waals surface area contributed by atoms with Crippen LogP contribution >= 0.6 is 11.8 Å². The van der Waals surface area contributed by atoms with Crippen molar-refractivity contribution in [3.63, 3.8) is 0 Å². The lowest BCUT2D eigenvalue weighted by Gasteiger charge is -2.11. The first-order valence-corrected chi connectivity index (χ1v) is 9.72. The molecule has 136 valence electrons. The van der Waals surface area contributed by atoms with E-state index in [4.69, 9.17) is 4.42 Å². The zero-order valence-electron chi connectivity index (χ0n) is 15.5. The summed E-state index contributed by atoms with van der Waals surface area (Å²) in [7, 11) is 0. The standard InChI is InChI=1S/C21H20N4OS/c1-14-7-9-17(10-8-14)20-24-23-19(26-20)13-27-21-22-11-12-25(21)18-6-4-5-15(2)16(18)3/h4-12H,13H2,1-3H3. The van der Waals surface area contributed by atoms with E-state index in [0.29, 0.717) is 17.5 Å². The summed E-state index contributed by atoms with van der Waals surface area (Å²) in [6.07, 6.45) is 3.80. The third kappa shape index (κ3) is 3.66. The summed E-state index contributed by atoms with van der Waals surface area (Å²) >= 11 is 1.58. The first kappa shape index (κ1) is 17.5. The average Bonchev–Trinajstić information content (AvgIpc) is 3.32. The number of rotatable bonds is 5. The fourth-order valence-corrected chi connectivity index (χ4v) is 3.63. The smallest absolute Gasteiger partial charge is 0.247 e. The van der Waals surface area contributed by atoms with Crippen molar-refractivity contribution in [3.05, 3.63) is 77.4 Å². The minimum absolute atomic E-state index is 0.545. The van der Waals surface area contributed by atoms with Crippen molar-refractivity contribution < 1.29 is 4.42 Å². The number of thioether (sulfide) groups is 1. The van der Waals surface area contributed by atoms with E-state index < -0.39 is 0 Å². The van der Waals surface area contributed by atoms with Gasteiger partial charge in [0.05, 0.1) is 11.4 Å². The fraction of sp³-hybridized carbons (Fsp3) is 0.190. The molecule has 27 heavy (non-hydrogen) atoms. The molecule has 0 saturated heterocycles. The second-order valence-electron chi connectivity index (χ2n) is 6.45. The van der Waals surface area contributed by atoms with Gasteiger partial charge in [0.1, 0.15) is 0 Å². The molecule has 2 aromatic heterocycles. The van der Waals surface area contributed by atoms with Crippen LogP contribution in [0.25, 0.3) is 17.1 Å². The lowest BCUT2D eigenvalue weighted by molar-refractivity contribution is 0.528. The van der Waals surface area contributed by atoms with Crippen molar-refractivity contribution >= 4 is 11.8 Å². The molecule has 0 atom stereocenters. The van der Waals surface area contributed by atoms with E-state index in [1.807, 2.05) is 36.7 Å². The molecular weight excluding hydrogens is 356 g/mol. The largest absolute Gasteiger partial charge is 0.420 e. The second kappa shape index (κ2) is 7.40. The average molecular weight is 376 g/mol. The zero-order chi connectivity index (χ0) is 18.8. The molecule has 6 heteroatoms. The minimum Gasteiger partial charge on any atom is -0.420 e. The van der Waals surface area contributed by atoms with Gasteiger partial charge in [-0.3, -0.25) is 4.57 Å². The van der Waals surface area contributed by atoms with Gasteiger partial charge in [-0.1, -0.05) is 41.6 Å². The van der Waals surface area contributed by atoms with Crippen LogP contribution in [0, 0.1) is 20.8 Å². The maximum atomic E-state index is 5.82. The van der Waals surface area contributed by atoms with E-state index in [-0.39, 0.29) is 0 Å². The number of aryl methyl sites for hydroxylation is 2. The molecule has 0 aliphatic carbocycles. The molecular formula is C21H20N4OS. The van der Waals surface area contributed by atoms with Gasteiger partial charge in [0.25, 0.3) is 0 Å². The normalized spacial score (nSPS) is 11.1. The van der Waals surface area contributed by atoms with Crippen LogP contribution in [0.1, 0.15) is 22.6 Å². The summed E-state index contributed by atoms with van der Waals surface area (Å²) in [5.74, 6) is 1.70. The Morgan fingerprint density at radius 3 is 2.63 bits per heavy atom. The predicted octanol–water partition coefficient (Wildman–Crippen LogP) is 5.14. The van der Waals surface area contributed by atoms with Crippen LogP contribution in [0.3, 0.4) is 0 Å². The van der Waals surface area contributed by atoms with Crippen molar-refractivity contribution in [3.8, 4) is 17.1 Å². The molecule has 0 amide bonds. The van der Waals surface area contributed by atoms with Crippen molar-refractivity contribution in [2.75, 3.05) is 0 Å². The highest BCUT2D eigenvalue weighted by Gasteiger charge is 2.13. The van der Waals surface area contributed by atoms with Crippen molar-refractivity contribution in [2.24, 2.45) is 0 Å². The fourth-order valence-electron chi connectivity index (χ4n) is 2.83. The van der Waals surface area contributed by atoms with Gasteiger partial charge in [0.15, 0.2) is 5.16 Å². The number of imidazole rings is 1. The van der Waals surface area contributed by atoms with E-state index in [9.17, 15) is 0 Å². The van der Waals surface area contributed by atoms with Gasteiger partial charge in [0, 0.05) is 18.0 Å². The van der Waals surface area contributed by atoms with Gasteiger partial charge in [-0.05, 0) is 50.1 Å². The summed E-state index contributed by atoms with van der Waals surface area (Å²) in [5, 5.41) is 9.24. The third-order valence-corrected chi connectivity index (χ3v) is 5.48. The Morgan fingerprint density at radius 1 is 1.00 bits per heavy atom. The number of hydrogen-bond donors (Lipinski definition) is 0. The first-order valence-electron chi connectivity index (χ1n) is 8.74. The van der Waals surface area contributed by atoms with Gasteiger partial charge in [-0.25, -0.2) is 4.98 Å². The molecule has 0 aliphatic heterocycles. The van der Waals surface area contributed by atoms with Gasteiger partial charge in [0.2, 0.25) is 11.8 Å². The lowest BCUT2D eigenvalue weighted by atomic mass is 10.1. The number of hydrogen-bond acceptors (Lipinski definition) is 5. The van der Waals surface area contributed by atoms with Crippen LogP contribution in [0.5, 0.6) is 0 Å². The summed E-state index contributed by atoms with van der Waals surface area (Å²) in [6.45, 7) is 6.30. The number of aromatic nitrogens is 4. The highest BCUT2D eigenvalue weighted by molar-refractivity contribution is 7.98. The molecule has 0 bridgehead atoms. The summed E-state index contributed by atoms with van der Waals surface area (Å²) in [4.78, 5) is 4.49. The number of benzene rings is 2. The predicted molar refractivity (Wildman–Crippen MR) is 107 cm³/mol. The maximum absolute atomic E-state index is 5.82. The molecule has 0 N–H and O–H groups in total. The molecule has 0 saturated carbocycles. The maximum Gasteiger partial charge on any atom is 0.247 e. The van der Waals surface area contributed by atoms with Gasteiger partial charge >= 0.3 is 0 Å². The highest BCUT2D eigenvalue weighted by atomic mass is 32.2. The van der Waals surface area contributed by atoms with Crippen LogP contribution in [-0.4, -0.2) is 19.7 Å². The Morgan fingerprint density at radius 2 is 1.81 bits per heavy atom. The zero-order valence-corrected chi connectivity index (χ0v) is 16.3. The Kier molecular flexibility index (Phi) is 4.81. The molecule has 0 spiro atoms. The van der Waals surface area contributed by atoms with Crippen LogP contribution in [-0.2, 0) is 5.75 Å². The SMILES string of the molecule is Cc1ccc(-c2nnc(CSc3nccn3-c3cccc(C)c3C)o2)cc1. The monoisotopic (exact) mass is 376 g/mol. The van der Waals surface area contributed by atoms with Gasteiger partial charge < -0.3 is 4.42 Å². The van der Waals surface area contributed by atoms with Crippen LogP contribution in [0.15, 0.2) is 64.4 Å². The molecule has 2 aromatic carbocycles. The number of nitrogens with zero attached hydrogens (tertiary/aromatic N) is 4. The van der Waals surface area contributed by atoms with Gasteiger partial charge in [-0.2, -0.15) is 0 Å². The van der Waals surface area contributed by atoms with E-state index in [0.717, 1.165) is 16.4 Å². The van der Waals surface area contributed by atoms with Crippen LogP contribution < -0.4 is 0 Å². The third-order valence-electron chi connectivity index (χ3n) is 4.53. The topological polar surface area (TPSA) is 56.7 Å². The molecule has 4 rings (SSSR count). The Bertz CT molecular complexity index is 1070. The van der Waals surface area contributed by atoms with Gasteiger partial charge in [-0.15, -0.1) is 10.2 Å². The molecule has 0 unspecified atom stereocenters. The molecule has 2 heterocycles. The van der Waals surface area contributed by atoms with E-state index in [1.165, 1.54) is 16.7 Å². The van der Waals surface area contributed by atoms with E-state index in [1.54, 1.807) is 11.8 Å². The lowest BCUT2D eigenvalue weighted by Crippen LogP contribution is -1.99. The first-order chi connectivity index (χ1) is 13.1. The Labute approximate surface area is 162 Å². The van der Waals surface area contributed by atoms with E-state index in [2.05, 4.69) is 58.7 Å². The Hall–Kier alpha value is -2.86. The Balaban J connectivity index is 1.51. The quantitative estimate of drug-likeness (QED) is 0.451. The summed E-state index contributed by atoms with van der Waals surface area (Å²) in [5.41, 5.74) is 5.78. The second-order valence-corrected chi connectivity index (χ2v) is 7.40. The van der Waals surface area contributed by atoms with Crippen LogP contribution in [0.4, 0.5) is 0 Å². The summed E-state index contributed by atoms with van der Waals surface area (Å²) in [6, 6.07) is 14.4. The molecule has 0 aliphatic rings. The van der Waals surface area contributed by atoms with Crippen molar-refractivity contribution in [2.45, 2.75) is 31.7 Å². The van der Waals surface area contributed by atoms with Crippen molar-refractivity contribution in [1.29, 1.82) is 0 Å². The minimum atomic E-state index is 0.545. The molecule has 4 aromatic rings. The van der Waals surface area contributed by atoms with Crippen LogP contribution in [0.2, 0.25) is 0 Å².